The van der Waals surface area contributed by atoms with Gasteiger partial charge < -0.3 is 4.74 Å². The summed E-state index contributed by atoms with van der Waals surface area (Å²) >= 11 is 5.11. The number of Topliss-reactive ketones (excluding diaryl/α,β-unsaturated/α-hetero) is 1. The summed E-state index contributed by atoms with van der Waals surface area (Å²) in [7, 11) is 0. The monoisotopic (exact) mass is 184 g/mol. The number of hydrogen-bond acceptors (Lipinski definition) is 2. The van der Waals surface area contributed by atoms with Gasteiger partial charge in [0.15, 0.2) is 0 Å². The van der Waals surface area contributed by atoms with Gasteiger partial charge in [0, 0.05) is 0 Å². The maximum Gasteiger partial charge on any atom is 0.301 e. The molecule has 0 saturated carbocycles. The van der Waals surface area contributed by atoms with E-state index in [2.05, 4.69) is 4.74 Å². The highest BCUT2D eigenvalue weighted by molar-refractivity contribution is 6.42. The van der Waals surface area contributed by atoms with Crippen LogP contribution < -0.4 is 0 Å². The van der Waals surface area contributed by atoms with Crippen molar-refractivity contribution in [2.75, 3.05) is 6.61 Å². The molecule has 5 heteroatoms. The molecule has 0 saturated heterocycles. The average molecular weight is 185 g/mol. The van der Waals surface area contributed by atoms with Crippen molar-refractivity contribution in [1.29, 1.82) is 0 Å². The Balaban J connectivity index is 4.01. The second kappa shape index (κ2) is 5.07. The lowest BCUT2D eigenvalue weighted by Gasteiger charge is -1.97. The van der Waals surface area contributed by atoms with Gasteiger partial charge in [0.1, 0.15) is 11.3 Å². The van der Waals surface area contributed by atoms with Gasteiger partial charge in [-0.05, 0) is 6.92 Å². The van der Waals surface area contributed by atoms with Gasteiger partial charge in [0.25, 0.3) is 0 Å². The lowest BCUT2D eigenvalue weighted by Crippen LogP contribution is -2.09. The second-order valence-electron chi connectivity index (χ2n) is 1.59. The first-order chi connectivity index (χ1) is 5.09. The molecule has 64 valence electrons. The minimum Gasteiger partial charge on any atom is -0.500 e. The summed E-state index contributed by atoms with van der Waals surface area (Å²) in [6.07, 6.45) is -2.25. The SMILES string of the molecule is CCO/C=C(\Cl)C(=O)C(F)F. The number of ether oxygens (including phenoxy) is 1. The van der Waals surface area contributed by atoms with Gasteiger partial charge in [0.2, 0.25) is 5.78 Å². The van der Waals surface area contributed by atoms with Gasteiger partial charge in [0.05, 0.1) is 6.61 Å². The van der Waals surface area contributed by atoms with E-state index in [1.165, 1.54) is 0 Å². The van der Waals surface area contributed by atoms with Crippen molar-refractivity contribution in [3.63, 3.8) is 0 Å². The van der Waals surface area contributed by atoms with Crippen molar-refractivity contribution in [1.82, 2.24) is 0 Å². The molecule has 0 bridgehead atoms. The van der Waals surface area contributed by atoms with Crippen LogP contribution in [0.2, 0.25) is 0 Å². The Morgan fingerprint density at radius 1 is 1.73 bits per heavy atom. The van der Waals surface area contributed by atoms with E-state index in [1.54, 1.807) is 6.92 Å². The summed E-state index contributed by atoms with van der Waals surface area (Å²) in [5.41, 5.74) is 0. The normalized spacial score (nSPS) is 11.9. The number of hydrogen-bond donors (Lipinski definition) is 0. The number of alkyl halides is 2. The Morgan fingerprint density at radius 2 is 2.27 bits per heavy atom. The number of rotatable bonds is 4. The molecule has 0 aliphatic heterocycles. The highest BCUT2D eigenvalue weighted by atomic mass is 35.5. The molecule has 0 unspecified atom stereocenters. The van der Waals surface area contributed by atoms with E-state index in [-0.39, 0.29) is 6.61 Å². The van der Waals surface area contributed by atoms with E-state index in [0.717, 1.165) is 6.26 Å². The minimum atomic E-state index is -3.07. The first kappa shape index (κ1) is 10.4. The molecule has 0 aromatic carbocycles. The molecule has 0 aliphatic rings. The minimum absolute atomic E-state index is 0.284. The third-order valence-corrected chi connectivity index (χ3v) is 1.06. The predicted molar refractivity (Wildman–Crippen MR) is 36.6 cm³/mol. The molecule has 0 amide bonds. The van der Waals surface area contributed by atoms with Crippen LogP contribution in [0.4, 0.5) is 8.78 Å². The van der Waals surface area contributed by atoms with E-state index in [4.69, 9.17) is 11.6 Å². The predicted octanol–water partition coefficient (Wildman–Crippen LogP) is 1.94. The van der Waals surface area contributed by atoms with Gasteiger partial charge in [-0.1, -0.05) is 11.6 Å². The zero-order valence-electron chi connectivity index (χ0n) is 5.81. The standard InChI is InChI=1S/C6H7ClF2O2/c1-2-11-3-4(7)5(10)6(8)9/h3,6H,2H2,1H3/b4-3-. The van der Waals surface area contributed by atoms with Crippen molar-refractivity contribution in [2.45, 2.75) is 13.3 Å². The van der Waals surface area contributed by atoms with E-state index in [9.17, 15) is 13.6 Å². The molecule has 0 atom stereocenters. The van der Waals surface area contributed by atoms with Crippen LogP contribution in [0.5, 0.6) is 0 Å². The van der Waals surface area contributed by atoms with Crippen LogP contribution in [0.3, 0.4) is 0 Å². The van der Waals surface area contributed by atoms with Gasteiger partial charge in [-0.2, -0.15) is 0 Å². The molecule has 2 nitrogen and oxygen atoms in total. The van der Waals surface area contributed by atoms with Crippen LogP contribution in [-0.4, -0.2) is 18.8 Å². The third kappa shape index (κ3) is 3.93. The van der Waals surface area contributed by atoms with Crippen molar-refractivity contribution in [2.24, 2.45) is 0 Å². The van der Waals surface area contributed by atoms with Crippen LogP contribution in [0, 0.1) is 0 Å². The third-order valence-electron chi connectivity index (χ3n) is 0.787. The van der Waals surface area contributed by atoms with Gasteiger partial charge in [-0.3, -0.25) is 4.79 Å². The molecule has 0 N–H and O–H groups in total. The molecule has 0 spiro atoms. The molecule has 0 fully saturated rings. The van der Waals surface area contributed by atoms with Gasteiger partial charge in [-0.15, -0.1) is 0 Å². The smallest absolute Gasteiger partial charge is 0.301 e. The molecular formula is C6H7ClF2O2. The number of carbonyl (C=O) groups is 1. The molecule has 0 aromatic rings. The van der Waals surface area contributed by atoms with E-state index in [1.807, 2.05) is 0 Å². The quantitative estimate of drug-likeness (QED) is 0.493. The van der Waals surface area contributed by atoms with Crippen molar-refractivity contribution in [3.05, 3.63) is 11.3 Å². The lowest BCUT2D eigenvalue weighted by molar-refractivity contribution is -0.125. The Morgan fingerprint density at radius 3 is 2.64 bits per heavy atom. The summed E-state index contributed by atoms with van der Waals surface area (Å²) < 4.78 is 27.7. The molecule has 0 aliphatic carbocycles. The van der Waals surface area contributed by atoms with Crippen molar-refractivity contribution >= 4 is 17.4 Å². The molecular weight excluding hydrogens is 178 g/mol. The highest BCUT2D eigenvalue weighted by Gasteiger charge is 2.18. The van der Waals surface area contributed by atoms with Crippen LogP contribution >= 0.6 is 11.6 Å². The zero-order chi connectivity index (χ0) is 8.85. The summed E-state index contributed by atoms with van der Waals surface area (Å²) in [5, 5.41) is -0.582. The van der Waals surface area contributed by atoms with Crippen molar-refractivity contribution < 1.29 is 18.3 Å². The highest BCUT2D eigenvalue weighted by Crippen LogP contribution is 2.09. The van der Waals surface area contributed by atoms with Crippen molar-refractivity contribution in [3.8, 4) is 0 Å². The molecule has 0 rings (SSSR count). The largest absolute Gasteiger partial charge is 0.500 e. The number of halogens is 3. The first-order valence-corrected chi connectivity index (χ1v) is 3.27. The maximum absolute atomic E-state index is 11.6. The average Bonchev–Trinajstić information content (AvgIpc) is 1.98. The summed E-state index contributed by atoms with van der Waals surface area (Å²) in [6, 6.07) is 0. The molecule has 11 heavy (non-hydrogen) atoms. The van der Waals surface area contributed by atoms with E-state index in [0.29, 0.717) is 0 Å². The van der Waals surface area contributed by atoms with Crippen LogP contribution in [-0.2, 0) is 9.53 Å². The fourth-order valence-corrected chi connectivity index (χ4v) is 0.464. The van der Waals surface area contributed by atoms with E-state index < -0.39 is 17.2 Å². The number of ketones is 1. The Bertz CT molecular complexity index is 168. The fourth-order valence-electron chi connectivity index (χ4n) is 0.319. The molecule has 0 aromatic heterocycles. The lowest BCUT2D eigenvalue weighted by atomic mass is 10.4. The van der Waals surface area contributed by atoms with Crippen LogP contribution in [0.15, 0.2) is 11.3 Å². The summed E-state index contributed by atoms with van der Waals surface area (Å²) in [4.78, 5) is 10.3. The van der Waals surface area contributed by atoms with E-state index >= 15 is 0 Å². The summed E-state index contributed by atoms with van der Waals surface area (Å²) in [5.74, 6) is -1.42. The van der Waals surface area contributed by atoms with Gasteiger partial charge in [-0.25, -0.2) is 8.78 Å². The Hall–Kier alpha value is -0.640. The summed E-state index contributed by atoms with van der Waals surface area (Å²) in [6.45, 7) is 1.93. The zero-order valence-corrected chi connectivity index (χ0v) is 6.57. The topological polar surface area (TPSA) is 26.3 Å². The Kier molecular flexibility index (Phi) is 4.77. The molecule has 0 radical (unpaired) electrons. The van der Waals surface area contributed by atoms with Crippen LogP contribution in [0.25, 0.3) is 0 Å². The Labute approximate surface area is 67.8 Å². The maximum atomic E-state index is 11.6. The van der Waals surface area contributed by atoms with Gasteiger partial charge >= 0.3 is 6.43 Å². The second-order valence-corrected chi connectivity index (χ2v) is 1.99. The number of allylic oxidation sites excluding steroid dienone is 1. The molecule has 0 heterocycles. The first-order valence-electron chi connectivity index (χ1n) is 2.89. The number of carbonyl (C=O) groups excluding carboxylic acids is 1. The fraction of sp³-hybridized carbons (Fsp3) is 0.500. The van der Waals surface area contributed by atoms with Crippen LogP contribution in [0.1, 0.15) is 6.92 Å².